The Labute approximate surface area is 158 Å². The number of piperidine rings is 1. The van der Waals surface area contributed by atoms with Crippen LogP contribution in [-0.2, 0) is 4.79 Å². The molecule has 1 aliphatic rings. The third-order valence-electron chi connectivity index (χ3n) is 4.80. The standard InChI is InChI=1S/C20H24N4O3/c1-20(2,3)19(27)24-8-4-13(5-9-24)16-17(23-7-6-22-16)14-10-15(18(25)26)12-21-11-14/h6-7,10-13H,4-5,8-9H2,1-3H3,(H,25,26). The van der Waals surface area contributed by atoms with Crippen LogP contribution < -0.4 is 0 Å². The van der Waals surface area contributed by atoms with Crippen LogP contribution in [0.5, 0.6) is 0 Å². The molecule has 0 unspecified atom stereocenters. The number of aromatic carboxylic acids is 1. The van der Waals surface area contributed by atoms with Gasteiger partial charge in [0.15, 0.2) is 0 Å². The molecule has 3 heterocycles. The number of carboxylic acids is 1. The molecular weight excluding hydrogens is 344 g/mol. The van der Waals surface area contributed by atoms with E-state index in [1.54, 1.807) is 24.7 Å². The molecule has 1 fully saturated rings. The maximum absolute atomic E-state index is 12.5. The Hall–Kier alpha value is -2.83. The number of carboxylic acid groups (broad SMARTS) is 1. The zero-order valence-corrected chi connectivity index (χ0v) is 15.8. The van der Waals surface area contributed by atoms with Gasteiger partial charge in [-0.15, -0.1) is 0 Å². The number of pyridine rings is 1. The van der Waals surface area contributed by atoms with Crippen LogP contribution in [0, 0.1) is 5.41 Å². The summed E-state index contributed by atoms with van der Waals surface area (Å²) in [5.74, 6) is -0.686. The van der Waals surface area contributed by atoms with Gasteiger partial charge in [-0.3, -0.25) is 19.7 Å². The number of hydrogen-bond donors (Lipinski definition) is 1. The van der Waals surface area contributed by atoms with Crippen LogP contribution in [0.15, 0.2) is 30.9 Å². The minimum Gasteiger partial charge on any atom is -0.478 e. The molecule has 0 radical (unpaired) electrons. The van der Waals surface area contributed by atoms with E-state index in [9.17, 15) is 14.7 Å². The van der Waals surface area contributed by atoms with Gasteiger partial charge >= 0.3 is 5.97 Å². The van der Waals surface area contributed by atoms with E-state index in [0.29, 0.717) is 24.3 Å². The van der Waals surface area contributed by atoms with Gasteiger partial charge in [0, 0.05) is 54.8 Å². The molecule has 7 heteroatoms. The molecule has 1 amide bonds. The van der Waals surface area contributed by atoms with Crippen molar-refractivity contribution >= 4 is 11.9 Å². The second-order valence-corrected chi connectivity index (χ2v) is 7.87. The summed E-state index contributed by atoms with van der Waals surface area (Å²) in [5, 5.41) is 9.21. The van der Waals surface area contributed by atoms with Crippen LogP contribution in [-0.4, -0.2) is 49.9 Å². The smallest absolute Gasteiger partial charge is 0.337 e. The van der Waals surface area contributed by atoms with Crippen molar-refractivity contribution in [3.05, 3.63) is 42.1 Å². The van der Waals surface area contributed by atoms with E-state index in [1.165, 1.54) is 6.20 Å². The highest BCUT2D eigenvalue weighted by Crippen LogP contribution is 2.33. The summed E-state index contributed by atoms with van der Waals surface area (Å²) >= 11 is 0. The first-order valence-electron chi connectivity index (χ1n) is 9.06. The third kappa shape index (κ3) is 4.13. The van der Waals surface area contributed by atoms with Crippen LogP contribution in [0.3, 0.4) is 0 Å². The van der Waals surface area contributed by atoms with E-state index < -0.39 is 5.97 Å². The molecule has 0 spiro atoms. The van der Waals surface area contributed by atoms with Gasteiger partial charge < -0.3 is 10.0 Å². The number of carbonyl (C=O) groups excluding carboxylic acids is 1. The van der Waals surface area contributed by atoms with Gasteiger partial charge in [-0.25, -0.2) is 4.79 Å². The third-order valence-corrected chi connectivity index (χ3v) is 4.80. The molecule has 0 bridgehead atoms. The van der Waals surface area contributed by atoms with E-state index in [0.717, 1.165) is 18.5 Å². The van der Waals surface area contributed by atoms with E-state index in [-0.39, 0.29) is 22.8 Å². The summed E-state index contributed by atoms with van der Waals surface area (Å²) in [5.41, 5.74) is 1.88. The topological polar surface area (TPSA) is 96.3 Å². The van der Waals surface area contributed by atoms with Gasteiger partial charge in [0.25, 0.3) is 0 Å². The molecule has 3 rings (SSSR count). The second-order valence-electron chi connectivity index (χ2n) is 7.87. The normalized spacial score (nSPS) is 15.6. The number of likely N-dealkylation sites (tertiary alicyclic amines) is 1. The molecule has 0 atom stereocenters. The maximum atomic E-state index is 12.5. The number of hydrogen-bond acceptors (Lipinski definition) is 5. The molecule has 2 aromatic rings. The molecule has 1 saturated heterocycles. The van der Waals surface area contributed by atoms with Gasteiger partial charge in [0.2, 0.25) is 5.91 Å². The Balaban J connectivity index is 1.83. The highest BCUT2D eigenvalue weighted by Gasteiger charge is 2.32. The molecule has 0 aliphatic carbocycles. The zero-order valence-electron chi connectivity index (χ0n) is 15.8. The summed E-state index contributed by atoms with van der Waals surface area (Å²) in [6.07, 6.45) is 7.79. The highest BCUT2D eigenvalue weighted by atomic mass is 16.4. The van der Waals surface area contributed by atoms with Crippen LogP contribution in [0.2, 0.25) is 0 Å². The van der Waals surface area contributed by atoms with Crippen molar-refractivity contribution in [3.8, 4) is 11.3 Å². The predicted molar refractivity (Wildman–Crippen MR) is 100 cm³/mol. The lowest BCUT2D eigenvalue weighted by molar-refractivity contribution is -0.140. The molecule has 0 aromatic carbocycles. The first-order chi connectivity index (χ1) is 12.8. The summed E-state index contributed by atoms with van der Waals surface area (Å²) in [7, 11) is 0. The van der Waals surface area contributed by atoms with Crippen LogP contribution in [0.25, 0.3) is 11.3 Å². The van der Waals surface area contributed by atoms with Crippen LogP contribution in [0.1, 0.15) is 55.6 Å². The van der Waals surface area contributed by atoms with E-state index in [1.807, 2.05) is 25.7 Å². The molecule has 142 valence electrons. The van der Waals surface area contributed by atoms with Gasteiger partial charge in [-0.2, -0.15) is 0 Å². The van der Waals surface area contributed by atoms with Crippen molar-refractivity contribution in [2.45, 2.75) is 39.5 Å². The number of carbonyl (C=O) groups is 2. The lowest BCUT2D eigenvalue weighted by Crippen LogP contribution is -2.43. The number of amides is 1. The SMILES string of the molecule is CC(C)(C)C(=O)N1CCC(c2nccnc2-c2cncc(C(=O)O)c2)CC1. The summed E-state index contributed by atoms with van der Waals surface area (Å²) in [6, 6.07) is 1.57. The van der Waals surface area contributed by atoms with Crippen molar-refractivity contribution in [1.29, 1.82) is 0 Å². The number of rotatable bonds is 3. The average molecular weight is 368 g/mol. The Morgan fingerprint density at radius 2 is 1.78 bits per heavy atom. The molecule has 2 aromatic heterocycles. The fraction of sp³-hybridized carbons (Fsp3) is 0.450. The largest absolute Gasteiger partial charge is 0.478 e. The summed E-state index contributed by atoms with van der Waals surface area (Å²) in [4.78, 5) is 38.6. The predicted octanol–water partition coefficient (Wildman–Crippen LogP) is 2.99. The number of aromatic nitrogens is 3. The molecule has 0 saturated carbocycles. The van der Waals surface area contributed by atoms with Gasteiger partial charge in [0.05, 0.1) is 17.0 Å². The maximum Gasteiger partial charge on any atom is 0.337 e. The summed E-state index contributed by atoms with van der Waals surface area (Å²) < 4.78 is 0. The van der Waals surface area contributed by atoms with E-state index >= 15 is 0 Å². The van der Waals surface area contributed by atoms with Gasteiger partial charge in [-0.05, 0) is 18.9 Å². The molecule has 27 heavy (non-hydrogen) atoms. The van der Waals surface area contributed by atoms with Crippen molar-refractivity contribution in [2.24, 2.45) is 5.41 Å². The fourth-order valence-electron chi connectivity index (χ4n) is 3.39. The van der Waals surface area contributed by atoms with Crippen molar-refractivity contribution in [2.75, 3.05) is 13.1 Å². The fourth-order valence-corrected chi connectivity index (χ4v) is 3.39. The van der Waals surface area contributed by atoms with Crippen LogP contribution >= 0.6 is 0 Å². The second kappa shape index (κ2) is 7.42. The van der Waals surface area contributed by atoms with Gasteiger partial charge in [0.1, 0.15) is 0 Å². The van der Waals surface area contributed by atoms with E-state index in [4.69, 9.17) is 0 Å². The quantitative estimate of drug-likeness (QED) is 0.895. The first kappa shape index (κ1) is 18.9. The molecule has 1 N–H and O–H groups in total. The van der Waals surface area contributed by atoms with Gasteiger partial charge in [-0.1, -0.05) is 20.8 Å². The van der Waals surface area contributed by atoms with E-state index in [2.05, 4.69) is 15.0 Å². The monoisotopic (exact) mass is 368 g/mol. The summed E-state index contributed by atoms with van der Waals surface area (Å²) in [6.45, 7) is 7.17. The average Bonchev–Trinajstić information content (AvgIpc) is 2.67. The Bertz CT molecular complexity index is 852. The Kier molecular flexibility index (Phi) is 5.21. The Morgan fingerprint density at radius 1 is 1.11 bits per heavy atom. The first-order valence-corrected chi connectivity index (χ1v) is 9.06. The highest BCUT2D eigenvalue weighted by molar-refractivity contribution is 5.88. The van der Waals surface area contributed by atoms with Crippen molar-refractivity contribution in [1.82, 2.24) is 19.9 Å². The molecule has 1 aliphatic heterocycles. The minimum atomic E-state index is -1.02. The number of nitrogens with zero attached hydrogens (tertiary/aromatic N) is 4. The minimum absolute atomic E-state index is 0.120. The van der Waals surface area contributed by atoms with Crippen molar-refractivity contribution in [3.63, 3.8) is 0 Å². The van der Waals surface area contributed by atoms with Crippen LogP contribution in [0.4, 0.5) is 0 Å². The Morgan fingerprint density at radius 3 is 2.41 bits per heavy atom. The molecule has 7 nitrogen and oxygen atoms in total. The lowest BCUT2D eigenvalue weighted by atomic mass is 9.88. The zero-order chi connectivity index (χ0) is 19.6. The van der Waals surface area contributed by atoms with Crippen molar-refractivity contribution < 1.29 is 14.7 Å². The lowest BCUT2D eigenvalue weighted by Gasteiger charge is -2.35. The molecular formula is C20H24N4O3.